The Kier molecular flexibility index (Phi) is 2.95. The van der Waals surface area contributed by atoms with Gasteiger partial charge < -0.3 is 20.1 Å². The van der Waals surface area contributed by atoms with E-state index < -0.39 is 29.1 Å². The van der Waals surface area contributed by atoms with E-state index in [1.807, 2.05) is 0 Å². The van der Waals surface area contributed by atoms with Crippen LogP contribution in [0, 0.1) is 5.41 Å². The van der Waals surface area contributed by atoms with E-state index in [2.05, 4.69) is 5.32 Å². The van der Waals surface area contributed by atoms with Crippen molar-refractivity contribution in [3.63, 3.8) is 0 Å². The van der Waals surface area contributed by atoms with Crippen LogP contribution < -0.4 is 5.32 Å². The van der Waals surface area contributed by atoms with Crippen LogP contribution >= 0.6 is 0 Å². The smallest absolute Gasteiger partial charge is 0.410 e. The summed E-state index contributed by atoms with van der Waals surface area (Å²) in [6.07, 6.45) is -0.329. The van der Waals surface area contributed by atoms with Crippen molar-refractivity contribution in [3.8, 4) is 0 Å². The lowest BCUT2D eigenvalue weighted by Crippen LogP contribution is -2.65. The third-order valence-electron chi connectivity index (χ3n) is 3.34. The largest absolute Gasteiger partial charge is 0.480 e. The molecule has 7 heteroatoms. The van der Waals surface area contributed by atoms with E-state index in [1.54, 1.807) is 20.8 Å². The van der Waals surface area contributed by atoms with E-state index in [1.165, 1.54) is 4.90 Å². The number of carboxylic acids is 1. The highest BCUT2D eigenvalue weighted by Crippen LogP contribution is 2.41. The lowest BCUT2D eigenvalue weighted by Gasteiger charge is -2.48. The third kappa shape index (κ3) is 2.50. The maximum Gasteiger partial charge on any atom is 0.410 e. The fourth-order valence-corrected chi connectivity index (χ4v) is 2.57. The number of rotatable bonds is 1. The first-order valence-electron chi connectivity index (χ1n) is 6.13. The van der Waals surface area contributed by atoms with E-state index in [9.17, 15) is 14.4 Å². The molecule has 2 saturated heterocycles. The number of ether oxygens (including phenoxy) is 1. The van der Waals surface area contributed by atoms with Gasteiger partial charge in [0.15, 0.2) is 0 Å². The van der Waals surface area contributed by atoms with Crippen LogP contribution in [0.15, 0.2) is 0 Å². The molecular formula is C12H18N2O5. The minimum atomic E-state index is -1.06. The lowest BCUT2D eigenvalue weighted by molar-refractivity contribution is -0.146. The number of nitrogens with one attached hydrogen (secondary N) is 1. The van der Waals surface area contributed by atoms with Crippen LogP contribution in [-0.4, -0.2) is 52.7 Å². The molecule has 2 rings (SSSR count). The Bertz CT molecular complexity index is 434. The Morgan fingerprint density at radius 2 is 2.00 bits per heavy atom. The van der Waals surface area contributed by atoms with E-state index >= 15 is 0 Å². The van der Waals surface area contributed by atoms with Gasteiger partial charge in [0, 0.05) is 24.9 Å². The van der Waals surface area contributed by atoms with Gasteiger partial charge in [-0.25, -0.2) is 9.59 Å². The summed E-state index contributed by atoms with van der Waals surface area (Å²) in [5, 5.41) is 11.5. The van der Waals surface area contributed by atoms with Crippen molar-refractivity contribution < 1.29 is 24.2 Å². The molecule has 7 nitrogen and oxygen atoms in total. The van der Waals surface area contributed by atoms with Gasteiger partial charge in [-0.1, -0.05) is 0 Å². The SMILES string of the molecule is CC(C)(C)OC(=O)N1CC2(CC(=O)N[C@H]2C(=O)O)C1. The van der Waals surface area contributed by atoms with Gasteiger partial charge in [0.25, 0.3) is 0 Å². The zero-order chi connectivity index (χ0) is 14.4. The first kappa shape index (κ1) is 13.6. The Morgan fingerprint density at radius 1 is 1.42 bits per heavy atom. The second-order valence-electron chi connectivity index (χ2n) is 6.21. The summed E-state index contributed by atoms with van der Waals surface area (Å²) in [7, 11) is 0. The molecule has 0 aliphatic carbocycles. The fourth-order valence-electron chi connectivity index (χ4n) is 2.57. The summed E-state index contributed by atoms with van der Waals surface area (Å²) in [5.74, 6) is -1.34. The van der Waals surface area contributed by atoms with Crippen molar-refractivity contribution in [2.75, 3.05) is 13.1 Å². The number of hydrogen-bond acceptors (Lipinski definition) is 4. The van der Waals surface area contributed by atoms with Crippen LogP contribution in [0.25, 0.3) is 0 Å². The summed E-state index contributed by atoms with van der Waals surface area (Å²) < 4.78 is 5.20. The molecular weight excluding hydrogens is 252 g/mol. The summed E-state index contributed by atoms with van der Waals surface area (Å²) in [6.45, 7) is 5.76. The van der Waals surface area contributed by atoms with Crippen molar-refractivity contribution >= 4 is 18.0 Å². The third-order valence-corrected chi connectivity index (χ3v) is 3.34. The predicted molar refractivity (Wildman–Crippen MR) is 64.4 cm³/mol. The summed E-state index contributed by atoms with van der Waals surface area (Å²) in [5.41, 5.74) is -1.27. The number of aliphatic carboxylic acids is 1. The molecule has 2 N–H and O–H groups in total. The summed E-state index contributed by atoms with van der Waals surface area (Å²) in [6, 6.07) is -0.918. The average Bonchev–Trinajstić information content (AvgIpc) is 2.50. The maximum absolute atomic E-state index is 11.8. The van der Waals surface area contributed by atoms with E-state index in [4.69, 9.17) is 9.84 Å². The van der Waals surface area contributed by atoms with Gasteiger partial charge in [-0.2, -0.15) is 0 Å². The monoisotopic (exact) mass is 270 g/mol. The van der Waals surface area contributed by atoms with Crippen LogP contribution in [0.1, 0.15) is 27.2 Å². The molecule has 0 aromatic rings. The highest BCUT2D eigenvalue weighted by molar-refractivity contribution is 5.90. The Balaban J connectivity index is 1.99. The number of carbonyl (C=O) groups excluding carboxylic acids is 2. The molecule has 106 valence electrons. The number of carboxylic acid groups (broad SMARTS) is 1. The van der Waals surface area contributed by atoms with Gasteiger partial charge in [0.2, 0.25) is 5.91 Å². The zero-order valence-electron chi connectivity index (χ0n) is 11.2. The fraction of sp³-hybridized carbons (Fsp3) is 0.750. The van der Waals surface area contributed by atoms with Crippen LogP contribution in [-0.2, 0) is 14.3 Å². The highest BCUT2D eigenvalue weighted by atomic mass is 16.6. The predicted octanol–water partition coefficient (Wildman–Crippen LogP) is 0.197. The van der Waals surface area contributed by atoms with Crippen molar-refractivity contribution in [3.05, 3.63) is 0 Å². The Morgan fingerprint density at radius 3 is 2.47 bits per heavy atom. The van der Waals surface area contributed by atoms with Crippen LogP contribution in [0.4, 0.5) is 4.79 Å². The van der Waals surface area contributed by atoms with Gasteiger partial charge >= 0.3 is 12.1 Å². The first-order valence-corrected chi connectivity index (χ1v) is 6.13. The zero-order valence-corrected chi connectivity index (χ0v) is 11.2. The number of carbonyl (C=O) groups is 3. The van der Waals surface area contributed by atoms with Gasteiger partial charge in [-0.3, -0.25) is 4.79 Å². The Hall–Kier alpha value is -1.79. The second kappa shape index (κ2) is 4.11. The van der Waals surface area contributed by atoms with Crippen molar-refractivity contribution in [1.82, 2.24) is 10.2 Å². The standard InChI is InChI=1S/C12H18N2O5/c1-11(2,3)19-10(18)14-5-12(6-14)4-7(15)13-8(12)9(16)17/h8H,4-6H2,1-3H3,(H,13,15)(H,16,17)/t8-/m0/s1. The van der Waals surface area contributed by atoms with Crippen LogP contribution in [0.5, 0.6) is 0 Å². The Labute approximate surface area is 110 Å². The van der Waals surface area contributed by atoms with E-state index in [-0.39, 0.29) is 25.4 Å². The maximum atomic E-state index is 11.8. The molecule has 2 amide bonds. The quantitative estimate of drug-likeness (QED) is 0.709. The van der Waals surface area contributed by atoms with Crippen molar-refractivity contribution in [2.45, 2.75) is 38.8 Å². The number of hydrogen-bond donors (Lipinski definition) is 2. The molecule has 0 radical (unpaired) electrons. The minimum Gasteiger partial charge on any atom is -0.480 e. The van der Waals surface area contributed by atoms with Gasteiger partial charge in [0.1, 0.15) is 11.6 Å². The molecule has 1 atom stereocenters. The normalized spacial score (nSPS) is 24.9. The van der Waals surface area contributed by atoms with E-state index in [0.29, 0.717) is 0 Å². The van der Waals surface area contributed by atoms with Gasteiger partial charge in [-0.15, -0.1) is 0 Å². The molecule has 0 saturated carbocycles. The number of amides is 2. The molecule has 2 aliphatic heterocycles. The summed E-state index contributed by atoms with van der Waals surface area (Å²) >= 11 is 0. The molecule has 2 heterocycles. The van der Waals surface area contributed by atoms with Crippen LogP contribution in [0.3, 0.4) is 0 Å². The molecule has 0 aromatic carbocycles. The molecule has 2 aliphatic rings. The van der Waals surface area contributed by atoms with Crippen LogP contribution in [0.2, 0.25) is 0 Å². The first-order chi connectivity index (χ1) is 8.63. The average molecular weight is 270 g/mol. The second-order valence-corrected chi connectivity index (χ2v) is 6.21. The number of likely N-dealkylation sites (tertiary alicyclic amines) is 1. The molecule has 1 spiro atoms. The molecule has 2 fully saturated rings. The van der Waals surface area contributed by atoms with Crippen molar-refractivity contribution in [2.24, 2.45) is 5.41 Å². The highest BCUT2D eigenvalue weighted by Gasteiger charge is 2.59. The number of nitrogens with zero attached hydrogens (tertiary/aromatic N) is 1. The van der Waals surface area contributed by atoms with Gasteiger partial charge in [0.05, 0.1) is 0 Å². The van der Waals surface area contributed by atoms with Crippen molar-refractivity contribution in [1.29, 1.82) is 0 Å². The summed E-state index contributed by atoms with van der Waals surface area (Å²) in [4.78, 5) is 35.7. The molecule has 0 unspecified atom stereocenters. The molecule has 0 aromatic heterocycles. The van der Waals surface area contributed by atoms with E-state index in [0.717, 1.165) is 0 Å². The lowest BCUT2D eigenvalue weighted by atomic mass is 9.73. The molecule has 19 heavy (non-hydrogen) atoms. The topological polar surface area (TPSA) is 95.9 Å². The molecule has 0 bridgehead atoms. The van der Waals surface area contributed by atoms with Gasteiger partial charge in [-0.05, 0) is 20.8 Å². The minimum absolute atomic E-state index is 0.142.